The molecule has 0 saturated heterocycles. The number of amides is 2. The molecule has 2 amide bonds. The Morgan fingerprint density at radius 1 is 0.955 bits per heavy atom. The number of carbonyl (C=O) groups is 3. The number of rotatable bonds is 11. The van der Waals surface area contributed by atoms with Gasteiger partial charge in [-0.15, -0.1) is 5.10 Å². The molecule has 1 aliphatic carbocycles. The first-order valence-electron chi connectivity index (χ1n) is 14.8. The lowest BCUT2D eigenvalue weighted by Crippen LogP contribution is -2.48. The number of hydrogen-bond donors (Lipinski definition) is 1. The SMILES string of the molecule is CCOC(=O)c1ccc(N(C(=O)Cn2nnc3ccccc32)[C@H](C(=O)NC2CCCCC2)c2ccc(OC)c(OC)c2)cc1. The minimum atomic E-state index is -1.08. The first kappa shape index (κ1) is 30.5. The van der Waals surface area contributed by atoms with Gasteiger partial charge in [0.1, 0.15) is 18.1 Å². The van der Waals surface area contributed by atoms with Crippen LogP contribution in [0.1, 0.15) is 61.0 Å². The molecule has 0 bridgehead atoms. The number of fused-ring (bicyclic) bond motifs is 1. The predicted octanol–water partition coefficient (Wildman–Crippen LogP) is 4.85. The zero-order valence-corrected chi connectivity index (χ0v) is 25.2. The molecule has 3 aromatic carbocycles. The van der Waals surface area contributed by atoms with Gasteiger partial charge in [0.2, 0.25) is 11.8 Å². The van der Waals surface area contributed by atoms with Crippen molar-refractivity contribution < 1.29 is 28.6 Å². The minimum Gasteiger partial charge on any atom is -0.493 e. The van der Waals surface area contributed by atoms with Crippen LogP contribution in [0.25, 0.3) is 11.0 Å². The highest BCUT2D eigenvalue weighted by Crippen LogP contribution is 2.35. The Bertz CT molecular complexity index is 1610. The molecule has 230 valence electrons. The summed E-state index contributed by atoms with van der Waals surface area (Å²) in [5, 5.41) is 11.6. The lowest BCUT2D eigenvalue weighted by atomic mass is 9.94. The lowest BCUT2D eigenvalue weighted by Gasteiger charge is -2.33. The van der Waals surface area contributed by atoms with Crippen LogP contribution in [0.5, 0.6) is 11.5 Å². The highest BCUT2D eigenvalue weighted by Gasteiger charge is 2.35. The van der Waals surface area contributed by atoms with Crippen LogP contribution in [0.3, 0.4) is 0 Å². The highest BCUT2D eigenvalue weighted by molar-refractivity contribution is 6.02. The maximum Gasteiger partial charge on any atom is 0.338 e. The van der Waals surface area contributed by atoms with Crippen LogP contribution in [0, 0.1) is 0 Å². The van der Waals surface area contributed by atoms with E-state index in [2.05, 4.69) is 15.6 Å². The van der Waals surface area contributed by atoms with Gasteiger partial charge in [-0.2, -0.15) is 0 Å². The Kier molecular flexibility index (Phi) is 9.73. The largest absolute Gasteiger partial charge is 0.493 e. The molecule has 1 saturated carbocycles. The van der Waals surface area contributed by atoms with Gasteiger partial charge in [-0.05, 0) is 73.9 Å². The Labute approximate surface area is 256 Å². The normalized spacial score (nSPS) is 14.1. The van der Waals surface area contributed by atoms with Crippen molar-refractivity contribution in [1.82, 2.24) is 20.3 Å². The predicted molar refractivity (Wildman–Crippen MR) is 165 cm³/mol. The molecule has 1 fully saturated rings. The van der Waals surface area contributed by atoms with Crippen molar-refractivity contribution in [2.24, 2.45) is 0 Å². The summed E-state index contributed by atoms with van der Waals surface area (Å²) < 4.78 is 17.7. The molecule has 4 aromatic rings. The molecule has 1 N–H and O–H groups in total. The Morgan fingerprint density at radius 2 is 1.68 bits per heavy atom. The summed E-state index contributed by atoms with van der Waals surface area (Å²) in [5.74, 6) is -0.280. The minimum absolute atomic E-state index is 0.00120. The number of hydrogen-bond acceptors (Lipinski definition) is 8. The molecule has 44 heavy (non-hydrogen) atoms. The van der Waals surface area contributed by atoms with E-state index in [1.807, 2.05) is 24.3 Å². The second-order valence-electron chi connectivity index (χ2n) is 10.6. The fraction of sp³-hybridized carbons (Fsp3) is 0.364. The smallest absolute Gasteiger partial charge is 0.338 e. The molecule has 0 spiro atoms. The summed E-state index contributed by atoms with van der Waals surface area (Å²) in [7, 11) is 3.06. The van der Waals surface area contributed by atoms with E-state index in [0.29, 0.717) is 39.3 Å². The van der Waals surface area contributed by atoms with Crippen LogP contribution in [0.2, 0.25) is 0 Å². The van der Waals surface area contributed by atoms with Crippen LogP contribution in [-0.4, -0.2) is 59.6 Å². The summed E-state index contributed by atoms with van der Waals surface area (Å²) in [5.41, 5.74) is 2.62. The summed E-state index contributed by atoms with van der Waals surface area (Å²) in [4.78, 5) is 42.5. The van der Waals surface area contributed by atoms with Crippen molar-refractivity contribution >= 4 is 34.5 Å². The number of benzene rings is 3. The number of para-hydroxylation sites is 1. The van der Waals surface area contributed by atoms with E-state index in [1.165, 1.54) is 23.8 Å². The zero-order chi connectivity index (χ0) is 31.1. The van der Waals surface area contributed by atoms with Gasteiger partial charge in [-0.1, -0.05) is 42.7 Å². The number of ether oxygens (including phenoxy) is 3. The van der Waals surface area contributed by atoms with Crippen molar-refractivity contribution in [3.8, 4) is 11.5 Å². The maximum absolute atomic E-state index is 14.4. The summed E-state index contributed by atoms with van der Waals surface area (Å²) in [6.07, 6.45) is 4.94. The molecule has 5 rings (SSSR count). The van der Waals surface area contributed by atoms with Gasteiger partial charge >= 0.3 is 5.97 Å². The molecule has 11 nitrogen and oxygen atoms in total. The monoisotopic (exact) mass is 599 g/mol. The van der Waals surface area contributed by atoms with E-state index < -0.39 is 17.9 Å². The second kappa shape index (κ2) is 14.0. The topological polar surface area (TPSA) is 125 Å². The second-order valence-corrected chi connectivity index (χ2v) is 10.6. The molecule has 1 aromatic heterocycles. The van der Waals surface area contributed by atoms with Gasteiger partial charge < -0.3 is 19.5 Å². The number of anilines is 1. The molecule has 1 heterocycles. The van der Waals surface area contributed by atoms with E-state index in [4.69, 9.17) is 14.2 Å². The molecule has 0 radical (unpaired) electrons. The van der Waals surface area contributed by atoms with E-state index in [9.17, 15) is 14.4 Å². The van der Waals surface area contributed by atoms with Crippen LogP contribution >= 0.6 is 0 Å². The number of carbonyl (C=O) groups excluding carboxylic acids is 3. The van der Waals surface area contributed by atoms with Gasteiger partial charge in [-0.3, -0.25) is 14.5 Å². The van der Waals surface area contributed by atoms with Crippen molar-refractivity contribution in [2.75, 3.05) is 25.7 Å². The van der Waals surface area contributed by atoms with E-state index >= 15 is 0 Å². The Balaban J connectivity index is 1.60. The number of nitrogens with one attached hydrogen (secondary N) is 1. The number of methoxy groups -OCH3 is 2. The van der Waals surface area contributed by atoms with E-state index in [0.717, 1.165) is 32.1 Å². The van der Waals surface area contributed by atoms with Crippen molar-refractivity contribution in [3.05, 3.63) is 77.9 Å². The molecule has 1 atom stereocenters. The van der Waals surface area contributed by atoms with Crippen LogP contribution in [0.15, 0.2) is 66.7 Å². The lowest BCUT2D eigenvalue weighted by molar-refractivity contribution is -0.127. The van der Waals surface area contributed by atoms with Gasteiger partial charge in [0, 0.05) is 11.7 Å². The van der Waals surface area contributed by atoms with Gasteiger partial charge in [0.25, 0.3) is 0 Å². The maximum atomic E-state index is 14.4. The molecule has 11 heteroatoms. The standard InChI is InChI=1S/C33H37N5O6/c1-4-44-33(41)22-14-17-25(18-15-22)38(30(39)21-37-27-13-9-8-12-26(27)35-36-37)31(32(40)34-24-10-6-5-7-11-24)23-16-19-28(42-2)29(20-23)43-3/h8-9,12-20,24,31H,4-7,10-11,21H2,1-3H3,(H,34,40)/t31-/m0/s1. The molecular formula is C33H37N5O6. The molecule has 0 aliphatic heterocycles. The van der Waals surface area contributed by atoms with Crippen LogP contribution in [0.4, 0.5) is 5.69 Å². The van der Waals surface area contributed by atoms with Crippen LogP contribution < -0.4 is 19.7 Å². The third-order valence-electron chi connectivity index (χ3n) is 7.81. The first-order valence-corrected chi connectivity index (χ1v) is 14.8. The molecule has 0 unspecified atom stereocenters. The summed E-state index contributed by atoms with van der Waals surface area (Å²) in [6.45, 7) is 1.79. The molecular weight excluding hydrogens is 562 g/mol. The highest BCUT2D eigenvalue weighted by atomic mass is 16.5. The third kappa shape index (κ3) is 6.66. The van der Waals surface area contributed by atoms with Gasteiger partial charge in [0.15, 0.2) is 11.5 Å². The van der Waals surface area contributed by atoms with E-state index in [1.54, 1.807) is 49.4 Å². The van der Waals surface area contributed by atoms with Crippen LogP contribution in [-0.2, 0) is 20.9 Å². The summed E-state index contributed by atoms with van der Waals surface area (Å²) in [6, 6.07) is 17.9. The quantitative estimate of drug-likeness (QED) is 0.243. The average Bonchev–Trinajstić information content (AvgIpc) is 3.46. The number of nitrogens with zero attached hydrogens (tertiary/aromatic N) is 4. The van der Waals surface area contributed by atoms with Gasteiger partial charge in [-0.25, -0.2) is 9.48 Å². The van der Waals surface area contributed by atoms with Crippen molar-refractivity contribution in [3.63, 3.8) is 0 Å². The summed E-state index contributed by atoms with van der Waals surface area (Å²) >= 11 is 0. The Morgan fingerprint density at radius 3 is 2.39 bits per heavy atom. The van der Waals surface area contributed by atoms with Gasteiger partial charge in [0.05, 0.1) is 31.9 Å². The number of aromatic nitrogens is 3. The average molecular weight is 600 g/mol. The fourth-order valence-corrected chi connectivity index (χ4v) is 5.62. The Hall–Kier alpha value is -4.93. The number of esters is 1. The van der Waals surface area contributed by atoms with E-state index in [-0.39, 0.29) is 25.1 Å². The first-order chi connectivity index (χ1) is 21.4. The van der Waals surface area contributed by atoms with Crippen molar-refractivity contribution in [1.29, 1.82) is 0 Å². The van der Waals surface area contributed by atoms with Crippen molar-refractivity contribution in [2.45, 2.75) is 57.7 Å². The fourth-order valence-electron chi connectivity index (χ4n) is 5.62. The third-order valence-corrected chi connectivity index (χ3v) is 7.81. The zero-order valence-electron chi connectivity index (χ0n) is 25.2. The molecule has 1 aliphatic rings.